The number of benzene rings is 2. The number of para-hydroxylation sites is 2. The molecule has 2 unspecified atom stereocenters. The quantitative estimate of drug-likeness (QED) is 0.173. The Hall–Kier alpha value is -4.21. The van der Waals surface area contributed by atoms with Crippen LogP contribution in [-0.4, -0.2) is 79.3 Å². The Bertz CT molecular complexity index is 1470. The van der Waals surface area contributed by atoms with Gasteiger partial charge < -0.3 is 47.9 Å². The van der Waals surface area contributed by atoms with Gasteiger partial charge in [-0.05, 0) is 37.6 Å². The van der Waals surface area contributed by atoms with Crippen LogP contribution < -0.4 is 14.8 Å². The molecule has 2 aliphatic rings. The lowest BCUT2D eigenvalue weighted by molar-refractivity contribution is -0.350. The number of carbonyl (C=O) groups is 4. The highest BCUT2D eigenvalue weighted by atomic mass is 31.2. The molecule has 0 radical (unpaired) electrons. The largest absolute Gasteiger partial charge is 0.590 e. The molecule has 2 aromatic rings. The number of phosphoric ester groups is 1. The van der Waals surface area contributed by atoms with Crippen molar-refractivity contribution in [3.05, 3.63) is 60.7 Å². The van der Waals surface area contributed by atoms with Gasteiger partial charge in [0.15, 0.2) is 24.6 Å². The third kappa shape index (κ3) is 10.2. The maximum absolute atomic E-state index is 14.5. The van der Waals surface area contributed by atoms with Gasteiger partial charge in [0.1, 0.15) is 23.7 Å². The fourth-order valence-corrected chi connectivity index (χ4v) is 6.99. The molecule has 0 aromatic heterocycles. The van der Waals surface area contributed by atoms with E-state index < -0.39 is 93.0 Å². The van der Waals surface area contributed by atoms with E-state index in [2.05, 4.69) is 0 Å². The molecule has 2 fully saturated rings. The number of hydrogen-bond donors (Lipinski definition) is 1. The van der Waals surface area contributed by atoms with E-state index in [0.29, 0.717) is 6.42 Å². The van der Waals surface area contributed by atoms with Crippen LogP contribution in [-0.2, 0) is 56.6 Å². The van der Waals surface area contributed by atoms with Crippen molar-refractivity contribution in [1.29, 1.82) is 0 Å². The fraction of sp³-hybridized carbons (Fsp3) is 0.515. The van der Waals surface area contributed by atoms with E-state index in [1.165, 1.54) is 38.1 Å². The van der Waals surface area contributed by atoms with Crippen molar-refractivity contribution in [3.8, 4) is 11.5 Å². The van der Waals surface area contributed by atoms with Crippen molar-refractivity contribution in [2.45, 2.75) is 103 Å². The molecule has 4 rings (SSSR count). The molecule has 2 aliphatic heterocycles. The minimum Gasteiger partial charge on any atom is -0.459 e. The standard InChI is InChI=1S/C33H42NO15P/c1-7-25-18(2)26(41-20(4)35)29(45-31-30(43-22(6)37)28(46-33(34)38)27(19(3)40-31)42-21(5)36)32(44-25)49-50(39,47-23-14-10-8-11-15-23)48-24-16-12-9-13-17-24/h8-19,25-32H,7H2,1-6H3,(H2,34,38)/t18-,19?,25+,26+,27-,28+,29+,30+,31?,32-/m1/s1. The molecule has 10 atom stereocenters. The monoisotopic (exact) mass is 723 g/mol. The smallest absolute Gasteiger partial charge is 0.459 e. The molecular formula is C33H42NO15P. The fourth-order valence-electron chi connectivity index (χ4n) is 5.69. The molecule has 50 heavy (non-hydrogen) atoms. The van der Waals surface area contributed by atoms with Crippen LogP contribution in [0.1, 0.15) is 48.0 Å². The first kappa shape index (κ1) is 38.6. The van der Waals surface area contributed by atoms with Gasteiger partial charge in [-0.3, -0.25) is 14.4 Å². The Morgan fingerprint density at radius 1 is 0.680 bits per heavy atom. The number of phosphoric acid groups is 1. The van der Waals surface area contributed by atoms with E-state index in [1.807, 2.05) is 6.92 Å². The second-order valence-corrected chi connectivity index (χ2v) is 13.1. The first-order valence-electron chi connectivity index (χ1n) is 15.9. The number of carbonyl (C=O) groups excluding carboxylic acids is 4. The van der Waals surface area contributed by atoms with Crippen molar-refractivity contribution < 1.29 is 70.5 Å². The van der Waals surface area contributed by atoms with Crippen LogP contribution in [0.5, 0.6) is 11.5 Å². The molecule has 0 saturated carbocycles. The molecule has 2 N–H and O–H groups in total. The van der Waals surface area contributed by atoms with Crippen molar-refractivity contribution in [1.82, 2.24) is 0 Å². The molecule has 0 spiro atoms. The number of rotatable bonds is 13. The van der Waals surface area contributed by atoms with Gasteiger partial charge in [0.05, 0.1) is 12.2 Å². The Balaban J connectivity index is 1.78. The lowest BCUT2D eigenvalue weighted by Crippen LogP contribution is -2.64. The second-order valence-electron chi connectivity index (χ2n) is 11.6. The maximum atomic E-state index is 14.5. The summed E-state index contributed by atoms with van der Waals surface area (Å²) in [6, 6.07) is 16.2. The topological polar surface area (TPSA) is 204 Å². The van der Waals surface area contributed by atoms with E-state index in [0.717, 1.165) is 13.8 Å². The van der Waals surface area contributed by atoms with E-state index >= 15 is 0 Å². The lowest BCUT2D eigenvalue weighted by atomic mass is 9.89. The highest BCUT2D eigenvalue weighted by molar-refractivity contribution is 7.49. The van der Waals surface area contributed by atoms with Crippen molar-refractivity contribution >= 4 is 31.8 Å². The summed E-state index contributed by atoms with van der Waals surface area (Å²) in [4.78, 5) is 48.8. The molecule has 2 saturated heterocycles. The average molecular weight is 724 g/mol. The van der Waals surface area contributed by atoms with Crippen molar-refractivity contribution in [2.75, 3.05) is 0 Å². The molecule has 16 nitrogen and oxygen atoms in total. The van der Waals surface area contributed by atoms with E-state index in [1.54, 1.807) is 43.3 Å². The number of esters is 3. The minimum atomic E-state index is -4.66. The number of nitrogens with two attached hydrogens (primary N) is 1. The van der Waals surface area contributed by atoms with Crippen LogP contribution in [0.3, 0.4) is 0 Å². The normalized spacial score (nSPS) is 29.6. The van der Waals surface area contributed by atoms with Crippen LogP contribution in [0.25, 0.3) is 0 Å². The second kappa shape index (κ2) is 17.1. The zero-order valence-corrected chi connectivity index (χ0v) is 29.3. The molecule has 274 valence electrons. The molecule has 2 heterocycles. The molecule has 0 aliphatic carbocycles. The van der Waals surface area contributed by atoms with Gasteiger partial charge >= 0.3 is 31.8 Å². The third-order valence-electron chi connectivity index (χ3n) is 7.74. The summed E-state index contributed by atoms with van der Waals surface area (Å²) in [6.45, 7) is 8.47. The molecule has 0 bridgehead atoms. The number of primary amides is 1. The number of ether oxygens (including phenoxy) is 7. The first-order valence-corrected chi connectivity index (χ1v) is 17.4. The Labute approximate surface area is 289 Å². The first-order chi connectivity index (χ1) is 23.7. The summed E-state index contributed by atoms with van der Waals surface area (Å²) in [7, 11) is -4.66. The maximum Gasteiger partial charge on any atom is 0.590 e. The summed E-state index contributed by atoms with van der Waals surface area (Å²) in [5.74, 6) is -2.55. The van der Waals surface area contributed by atoms with Gasteiger partial charge in [0.2, 0.25) is 6.29 Å². The van der Waals surface area contributed by atoms with Gasteiger partial charge in [0.25, 0.3) is 0 Å². The van der Waals surface area contributed by atoms with Crippen LogP contribution in [0.4, 0.5) is 4.79 Å². The summed E-state index contributed by atoms with van der Waals surface area (Å²) in [6.07, 6.45) is -12.8. The Kier molecular flexibility index (Phi) is 13.2. The minimum absolute atomic E-state index is 0.138. The highest BCUT2D eigenvalue weighted by Crippen LogP contribution is 2.53. The van der Waals surface area contributed by atoms with E-state index in [-0.39, 0.29) is 11.5 Å². The van der Waals surface area contributed by atoms with E-state index in [4.69, 9.17) is 52.5 Å². The predicted molar refractivity (Wildman–Crippen MR) is 171 cm³/mol. The number of hydrogen-bond acceptors (Lipinski definition) is 15. The summed E-state index contributed by atoms with van der Waals surface area (Å²) < 4.78 is 72.8. The zero-order valence-electron chi connectivity index (χ0n) is 28.4. The number of amides is 1. The van der Waals surface area contributed by atoms with Gasteiger partial charge in [-0.2, -0.15) is 0 Å². The lowest BCUT2D eigenvalue weighted by Gasteiger charge is -2.48. The Morgan fingerprint density at radius 2 is 1.18 bits per heavy atom. The molecular weight excluding hydrogens is 681 g/mol. The summed E-state index contributed by atoms with van der Waals surface area (Å²) in [5.41, 5.74) is 5.35. The van der Waals surface area contributed by atoms with E-state index in [9.17, 15) is 23.7 Å². The average Bonchev–Trinajstić information content (AvgIpc) is 3.03. The van der Waals surface area contributed by atoms with Crippen LogP contribution in [0.2, 0.25) is 0 Å². The Morgan fingerprint density at radius 3 is 1.66 bits per heavy atom. The van der Waals surface area contributed by atoms with Crippen LogP contribution in [0.15, 0.2) is 60.7 Å². The highest BCUT2D eigenvalue weighted by Gasteiger charge is 2.56. The molecule has 1 amide bonds. The predicted octanol–water partition coefficient (Wildman–Crippen LogP) is 4.43. The van der Waals surface area contributed by atoms with Gasteiger partial charge in [-0.15, -0.1) is 0 Å². The molecule has 2 aromatic carbocycles. The van der Waals surface area contributed by atoms with Gasteiger partial charge in [0, 0.05) is 26.7 Å². The van der Waals surface area contributed by atoms with Crippen LogP contribution in [0, 0.1) is 5.92 Å². The van der Waals surface area contributed by atoms with Crippen molar-refractivity contribution in [2.24, 2.45) is 11.7 Å². The summed E-state index contributed by atoms with van der Waals surface area (Å²) in [5, 5.41) is 0. The SMILES string of the molecule is CC[C@@H]1O[C@H](OP(=O)(Oc2ccccc2)Oc2ccccc2)[C@@H](OC2OC(C)[C@@H](OC(C)=O)[C@H](OC(N)=O)[C@@H]2OC(C)=O)[C@@H](OC(C)=O)[C@@H]1C. The van der Waals surface area contributed by atoms with Gasteiger partial charge in [-0.1, -0.05) is 50.2 Å². The van der Waals surface area contributed by atoms with Crippen LogP contribution >= 0.6 is 7.82 Å². The zero-order chi connectivity index (χ0) is 36.6. The van der Waals surface area contributed by atoms with Crippen molar-refractivity contribution in [3.63, 3.8) is 0 Å². The third-order valence-corrected chi connectivity index (χ3v) is 9.07. The van der Waals surface area contributed by atoms with Gasteiger partial charge in [-0.25, -0.2) is 13.9 Å². The molecule has 17 heteroatoms. The summed E-state index contributed by atoms with van der Waals surface area (Å²) >= 11 is 0.